The van der Waals surface area contributed by atoms with Crippen molar-refractivity contribution in [3.05, 3.63) is 87.9 Å². The Morgan fingerprint density at radius 1 is 1.16 bits per heavy atom. The van der Waals surface area contributed by atoms with Gasteiger partial charge in [0, 0.05) is 30.8 Å². The van der Waals surface area contributed by atoms with Crippen molar-refractivity contribution in [3.63, 3.8) is 0 Å². The third-order valence-corrected chi connectivity index (χ3v) is 9.85. The van der Waals surface area contributed by atoms with Gasteiger partial charge in [-0.05, 0) is 86.0 Å². The molecule has 8 nitrogen and oxygen atoms in total. The zero-order chi connectivity index (χ0) is 31.4. The van der Waals surface area contributed by atoms with Crippen LogP contribution < -0.4 is 5.73 Å². The Morgan fingerprint density at radius 3 is 2.55 bits per heavy atom. The summed E-state index contributed by atoms with van der Waals surface area (Å²) in [6.45, 7) is 5.81. The molecule has 1 amide bonds. The van der Waals surface area contributed by atoms with Crippen molar-refractivity contribution in [1.82, 2.24) is 9.80 Å². The van der Waals surface area contributed by atoms with Gasteiger partial charge in [-0.3, -0.25) is 19.4 Å². The molecule has 0 spiro atoms. The highest BCUT2D eigenvalue weighted by atomic mass is 19.1. The average molecular weight is 600 g/mol. The Morgan fingerprint density at radius 2 is 1.89 bits per heavy atom. The fourth-order valence-electron chi connectivity index (χ4n) is 7.94. The molecule has 6 rings (SSSR count). The number of phenols is 1. The lowest BCUT2D eigenvalue weighted by molar-refractivity contribution is -0.123. The lowest BCUT2D eigenvalue weighted by atomic mass is 9.58. The molecule has 4 atom stereocenters. The van der Waals surface area contributed by atoms with Crippen molar-refractivity contribution in [2.75, 3.05) is 27.2 Å². The fraction of sp³-hybridized carbons (Fsp3) is 0.400. The number of alkyl halides is 1. The van der Waals surface area contributed by atoms with Crippen LogP contribution in [0.1, 0.15) is 36.0 Å². The van der Waals surface area contributed by atoms with E-state index in [9.17, 15) is 29.3 Å². The van der Waals surface area contributed by atoms with Crippen LogP contribution in [0.3, 0.4) is 0 Å². The molecule has 230 valence electrons. The number of halogens is 1. The molecule has 1 saturated heterocycles. The summed E-state index contributed by atoms with van der Waals surface area (Å²) in [5.41, 5.74) is 12.3. The molecule has 4 aliphatic rings. The first-order chi connectivity index (χ1) is 21.0. The van der Waals surface area contributed by atoms with Gasteiger partial charge in [0.05, 0.1) is 23.1 Å². The number of aliphatic hydroxyl groups excluding tert-OH is 2. The summed E-state index contributed by atoms with van der Waals surface area (Å²) in [7, 11) is 3.54. The van der Waals surface area contributed by atoms with E-state index < -0.39 is 35.9 Å². The third kappa shape index (κ3) is 4.85. The average Bonchev–Trinajstić information content (AvgIpc) is 2.97. The number of aliphatic hydroxyl groups is 2. The van der Waals surface area contributed by atoms with Gasteiger partial charge >= 0.3 is 0 Å². The molecule has 44 heavy (non-hydrogen) atoms. The Balaban J connectivity index is 1.42. The Hall–Kier alpha value is -4.17. The number of rotatable bonds is 5. The molecule has 3 aliphatic carbocycles. The molecule has 2 aromatic rings. The predicted molar refractivity (Wildman–Crippen MR) is 165 cm³/mol. The highest BCUT2D eigenvalue weighted by molar-refractivity contribution is 6.10. The molecule has 1 heterocycles. The summed E-state index contributed by atoms with van der Waals surface area (Å²) in [6.07, 6.45) is 1.16. The van der Waals surface area contributed by atoms with Crippen molar-refractivity contribution >= 4 is 17.4 Å². The largest absolute Gasteiger partial charge is 0.510 e. The number of fused-ring (bicyclic) bond motifs is 3. The zero-order valence-electron chi connectivity index (χ0n) is 25.0. The van der Waals surface area contributed by atoms with Gasteiger partial charge in [-0.1, -0.05) is 30.8 Å². The number of aromatic hydroxyl groups is 1. The van der Waals surface area contributed by atoms with E-state index in [4.69, 9.17) is 5.73 Å². The number of piperidine rings is 1. The van der Waals surface area contributed by atoms with Gasteiger partial charge < -0.3 is 21.1 Å². The standard InChI is InChI=1S/C35H38FN3O5/c1-4-22-28-25(31(38(2)3)34(43)30(22)35(37)44)16-20-15-24-23(8-9-26(40)29(24)33(42)27(20)32(28)41)19-7-5-6-18(14-19)17-39-12-10-21(36)11-13-39/h5-9,14,20-21,25,28,31,40,42-43H,1,10-13,15-17H2,2-3H3,(H2,37,44)/t20?,25?,28?,31-/m0/s1. The van der Waals surface area contributed by atoms with Gasteiger partial charge in [0.1, 0.15) is 23.4 Å². The van der Waals surface area contributed by atoms with Crippen LogP contribution in [0.5, 0.6) is 5.75 Å². The van der Waals surface area contributed by atoms with Crippen LogP contribution in [-0.4, -0.2) is 76.2 Å². The van der Waals surface area contributed by atoms with E-state index in [1.54, 1.807) is 19.0 Å². The molecule has 0 radical (unpaired) electrons. The topological polar surface area (TPSA) is 127 Å². The molecular formula is C35H38FN3O5. The van der Waals surface area contributed by atoms with Crippen LogP contribution in [0.15, 0.2) is 71.2 Å². The first-order valence-corrected chi connectivity index (χ1v) is 15.1. The minimum atomic E-state index is -0.891. The fourth-order valence-corrected chi connectivity index (χ4v) is 7.94. The highest BCUT2D eigenvalue weighted by Crippen LogP contribution is 2.53. The highest BCUT2D eigenvalue weighted by Gasteiger charge is 2.54. The molecule has 1 aliphatic heterocycles. The first kappa shape index (κ1) is 29.9. The van der Waals surface area contributed by atoms with E-state index in [0.29, 0.717) is 45.3 Å². The summed E-state index contributed by atoms with van der Waals surface area (Å²) >= 11 is 0. The number of nitrogens with zero attached hydrogens (tertiary/aromatic N) is 2. The molecule has 0 bridgehead atoms. The summed E-state index contributed by atoms with van der Waals surface area (Å²) in [6, 6.07) is 10.8. The van der Waals surface area contributed by atoms with Gasteiger partial charge in [0.15, 0.2) is 5.78 Å². The number of likely N-dealkylation sites (N-methyl/N-ethyl adjacent to an activating group) is 1. The van der Waals surface area contributed by atoms with Gasteiger partial charge in [0.2, 0.25) is 0 Å². The number of nitrogens with two attached hydrogens (primary N) is 1. The maximum absolute atomic E-state index is 14.3. The number of hydrogen-bond acceptors (Lipinski definition) is 7. The second-order valence-corrected chi connectivity index (χ2v) is 12.7. The van der Waals surface area contributed by atoms with Crippen molar-refractivity contribution in [2.24, 2.45) is 23.5 Å². The molecular weight excluding hydrogens is 561 g/mol. The maximum Gasteiger partial charge on any atom is 0.253 e. The van der Waals surface area contributed by atoms with E-state index in [-0.39, 0.29) is 45.3 Å². The molecule has 3 unspecified atom stereocenters. The Labute approximate surface area is 256 Å². The predicted octanol–water partition coefficient (Wildman–Crippen LogP) is 4.59. The molecule has 2 fully saturated rings. The van der Waals surface area contributed by atoms with Crippen molar-refractivity contribution in [1.29, 1.82) is 0 Å². The van der Waals surface area contributed by atoms with Gasteiger partial charge in [0.25, 0.3) is 5.91 Å². The van der Waals surface area contributed by atoms with Crippen LogP contribution in [0.2, 0.25) is 0 Å². The zero-order valence-corrected chi connectivity index (χ0v) is 25.0. The normalized spacial score (nSPS) is 25.9. The second kappa shape index (κ2) is 11.4. The van der Waals surface area contributed by atoms with E-state index in [2.05, 4.69) is 23.3 Å². The molecule has 2 aromatic carbocycles. The lowest BCUT2D eigenvalue weighted by Crippen LogP contribution is -2.52. The Bertz CT molecular complexity index is 1660. The molecule has 1 saturated carbocycles. The molecule has 0 aromatic heterocycles. The minimum absolute atomic E-state index is 0.128. The second-order valence-electron chi connectivity index (χ2n) is 12.7. The van der Waals surface area contributed by atoms with E-state index in [1.807, 2.05) is 24.3 Å². The number of carbonyl (C=O) groups excluding carboxylic acids is 2. The summed E-state index contributed by atoms with van der Waals surface area (Å²) < 4.78 is 13.7. The number of hydrogen-bond donors (Lipinski definition) is 4. The molecule has 9 heteroatoms. The smallest absolute Gasteiger partial charge is 0.253 e. The number of ketones is 1. The number of amides is 1. The van der Waals surface area contributed by atoms with Crippen LogP contribution in [0.25, 0.3) is 16.9 Å². The number of likely N-dealkylation sites (tertiary alicyclic amines) is 1. The summed E-state index contributed by atoms with van der Waals surface area (Å²) in [4.78, 5) is 30.7. The van der Waals surface area contributed by atoms with Crippen LogP contribution in [0, 0.1) is 17.8 Å². The summed E-state index contributed by atoms with van der Waals surface area (Å²) in [5.74, 6) is -3.58. The van der Waals surface area contributed by atoms with Crippen LogP contribution >= 0.6 is 0 Å². The van der Waals surface area contributed by atoms with Crippen LogP contribution in [0.4, 0.5) is 4.39 Å². The van der Waals surface area contributed by atoms with Gasteiger partial charge in [-0.2, -0.15) is 0 Å². The third-order valence-electron chi connectivity index (χ3n) is 9.85. The number of allylic oxidation sites excluding steroid dienone is 1. The van der Waals surface area contributed by atoms with Crippen molar-refractivity contribution in [2.45, 2.75) is 44.4 Å². The van der Waals surface area contributed by atoms with E-state index >= 15 is 0 Å². The van der Waals surface area contributed by atoms with E-state index in [1.165, 1.54) is 6.07 Å². The quantitative estimate of drug-likeness (QED) is 0.370. The summed E-state index contributed by atoms with van der Waals surface area (Å²) in [5, 5.41) is 33.9. The maximum atomic E-state index is 14.3. The van der Waals surface area contributed by atoms with Gasteiger partial charge in [-0.15, -0.1) is 5.73 Å². The SMILES string of the molecule is C=C=C1C(C(N)=O)=C(O)[C@@H](N(C)C)C2CC3Cc4c(-c5cccc(CN6CCC(F)CC6)c5)ccc(O)c4C(O)=C3C(=O)C12. The van der Waals surface area contributed by atoms with Crippen molar-refractivity contribution in [3.8, 4) is 16.9 Å². The Kier molecular flexibility index (Phi) is 7.74. The number of Topliss-reactive ketones (excluding diaryl/α,β-unsaturated/α-hetero) is 1. The van der Waals surface area contributed by atoms with Crippen molar-refractivity contribution < 1.29 is 29.3 Å². The number of phenolic OH excluding ortho intramolecular Hbond substituents is 1. The first-order valence-electron chi connectivity index (χ1n) is 15.1. The van der Waals surface area contributed by atoms with E-state index in [0.717, 1.165) is 22.3 Å². The van der Waals surface area contributed by atoms with Gasteiger partial charge in [-0.25, -0.2) is 4.39 Å². The number of carbonyl (C=O) groups is 2. The lowest BCUT2D eigenvalue weighted by Gasteiger charge is -2.47. The molecule has 5 N–H and O–H groups in total. The van der Waals surface area contributed by atoms with Crippen LogP contribution in [-0.2, 0) is 22.6 Å². The number of primary amides is 1. The number of benzene rings is 2. The monoisotopic (exact) mass is 599 g/mol. The minimum Gasteiger partial charge on any atom is -0.510 e.